The molecule has 0 aliphatic heterocycles. The normalized spacial score (nSPS) is 14.7. The molecule has 0 saturated carbocycles. The fourth-order valence-corrected chi connectivity index (χ4v) is 3.69. The summed E-state index contributed by atoms with van der Waals surface area (Å²) in [6.45, 7) is 8.24. The van der Waals surface area contributed by atoms with Gasteiger partial charge in [-0.3, -0.25) is 0 Å². The first-order chi connectivity index (χ1) is 8.71. The Bertz CT molecular complexity index is 323. The van der Waals surface area contributed by atoms with Crippen LogP contribution in [0.1, 0.15) is 38.5 Å². The Morgan fingerprint density at radius 3 is 2.67 bits per heavy atom. The van der Waals surface area contributed by atoms with E-state index in [0.29, 0.717) is 12.1 Å². The number of likely N-dealkylation sites (N-methyl/N-ethyl adjacent to an activating group) is 1. The van der Waals surface area contributed by atoms with Crippen molar-refractivity contribution < 1.29 is 4.74 Å². The van der Waals surface area contributed by atoms with Crippen molar-refractivity contribution >= 4 is 27.3 Å². The Labute approximate surface area is 123 Å². The molecule has 1 aromatic rings. The molecule has 0 bridgehead atoms. The van der Waals surface area contributed by atoms with Crippen LogP contribution in [0.2, 0.25) is 0 Å². The third kappa shape index (κ3) is 5.39. The molecule has 0 aliphatic rings. The van der Waals surface area contributed by atoms with Gasteiger partial charge in [0.05, 0.1) is 6.10 Å². The molecular formula is C14H24BrNOS. The first kappa shape index (κ1) is 16.2. The van der Waals surface area contributed by atoms with Gasteiger partial charge in [-0.25, -0.2) is 0 Å². The highest BCUT2D eigenvalue weighted by Gasteiger charge is 2.21. The molecule has 0 aliphatic carbocycles. The molecule has 1 N–H and O–H groups in total. The van der Waals surface area contributed by atoms with Gasteiger partial charge in [-0.05, 0) is 48.3 Å². The monoisotopic (exact) mass is 333 g/mol. The quantitative estimate of drug-likeness (QED) is 0.729. The van der Waals surface area contributed by atoms with Crippen LogP contribution in [-0.2, 0) is 11.2 Å². The van der Waals surface area contributed by atoms with Gasteiger partial charge in [0.25, 0.3) is 0 Å². The van der Waals surface area contributed by atoms with Crippen LogP contribution >= 0.6 is 27.3 Å². The second kappa shape index (κ2) is 9.08. The molecule has 2 unspecified atom stereocenters. The molecule has 1 rings (SSSR count). The number of hydrogen-bond donors (Lipinski definition) is 1. The Morgan fingerprint density at radius 2 is 2.17 bits per heavy atom. The van der Waals surface area contributed by atoms with Crippen LogP contribution in [0.3, 0.4) is 0 Å². The highest BCUT2D eigenvalue weighted by Crippen LogP contribution is 2.22. The van der Waals surface area contributed by atoms with E-state index < -0.39 is 0 Å². The molecule has 104 valence electrons. The van der Waals surface area contributed by atoms with Crippen molar-refractivity contribution in [3.05, 3.63) is 20.8 Å². The summed E-state index contributed by atoms with van der Waals surface area (Å²) < 4.78 is 7.09. The van der Waals surface area contributed by atoms with E-state index in [2.05, 4.69) is 53.5 Å². The maximum atomic E-state index is 5.91. The number of thiophene rings is 1. The minimum atomic E-state index is 0.320. The zero-order valence-electron chi connectivity index (χ0n) is 11.5. The number of rotatable bonds is 9. The SMILES string of the molecule is CCCC(OCC)C(Cc1cc(Br)cs1)NCC. The molecule has 4 heteroatoms. The minimum Gasteiger partial charge on any atom is -0.377 e. The van der Waals surface area contributed by atoms with Crippen LogP contribution in [-0.4, -0.2) is 25.3 Å². The highest BCUT2D eigenvalue weighted by atomic mass is 79.9. The van der Waals surface area contributed by atoms with Crippen LogP contribution in [0.5, 0.6) is 0 Å². The Kier molecular flexibility index (Phi) is 8.15. The molecule has 0 amide bonds. The fourth-order valence-electron chi connectivity index (χ4n) is 2.17. The van der Waals surface area contributed by atoms with Crippen molar-refractivity contribution in [2.45, 2.75) is 52.2 Å². The third-order valence-electron chi connectivity index (χ3n) is 2.91. The molecule has 2 atom stereocenters. The number of nitrogens with one attached hydrogen (secondary N) is 1. The molecule has 0 fully saturated rings. The lowest BCUT2D eigenvalue weighted by Crippen LogP contribution is -2.42. The van der Waals surface area contributed by atoms with Gasteiger partial charge in [-0.15, -0.1) is 11.3 Å². The van der Waals surface area contributed by atoms with E-state index in [-0.39, 0.29) is 0 Å². The van der Waals surface area contributed by atoms with Crippen LogP contribution in [0.15, 0.2) is 15.9 Å². The average molecular weight is 334 g/mol. The minimum absolute atomic E-state index is 0.320. The summed E-state index contributed by atoms with van der Waals surface area (Å²) in [6, 6.07) is 2.63. The summed E-state index contributed by atoms with van der Waals surface area (Å²) in [5.41, 5.74) is 0. The maximum Gasteiger partial charge on any atom is 0.0731 e. The zero-order chi connectivity index (χ0) is 13.4. The van der Waals surface area contributed by atoms with Crippen molar-refractivity contribution in [3.63, 3.8) is 0 Å². The Balaban J connectivity index is 2.66. The summed E-state index contributed by atoms with van der Waals surface area (Å²) in [7, 11) is 0. The molecular weight excluding hydrogens is 310 g/mol. The van der Waals surface area contributed by atoms with Crippen molar-refractivity contribution in [3.8, 4) is 0 Å². The van der Waals surface area contributed by atoms with Crippen LogP contribution in [0, 0.1) is 0 Å². The van der Waals surface area contributed by atoms with Crippen molar-refractivity contribution in [1.82, 2.24) is 5.32 Å². The third-order valence-corrected chi connectivity index (χ3v) is 4.63. The van der Waals surface area contributed by atoms with E-state index in [0.717, 1.165) is 26.0 Å². The maximum absolute atomic E-state index is 5.91. The summed E-state index contributed by atoms with van der Waals surface area (Å²) in [5, 5.41) is 5.72. The second-order valence-electron chi connectivity index (χ2n) is 4.38. The molecule has 18 heavy (non-hydrogen) atoms. The lowest BCUT2D eigenvalue weighted by Gasteiger charge is -2.27. The molecule has 1 aromatic heterocycles. The van der Waals surface area contributed by atoms with E-state index >= 15 is 0 Å². The summed E-state index contributed by atoms with van der Waals surface area (Å²) in [6.07, 6.45) is 3.66. The predicted octanol–water partition coefficient (Wildman–Crippen LogP) is 4.24. The van der Waals surface area contributed by atoms with Gasteiger partial charge in [-0.1, -0.05) is 20.3 Å². The van der Waals surface area contributed by atoms with Crippen molar-refractivity contribution in [2.24, 2.45) is 0 Å². The van der Waals surface area contributed by atoms with Gasteiger partial charge >= 0.3 is 0 Å². The van der Waals surface area contributed by atoms with Crippen molar-refractivity contribution in [2.75, 3.05) is 13.2 Å². The van der Waals surface area contributed by atoms with Crippen LogP contribution in [0.4, 0.5) is 0 Å². The molecule has 0 aromatic carbocycles. The summed E-state index contributed by atoms with van der Waals surface area (Å²) >= 11 is 5.33. The highest BCUT2D eigenvalue weighted by molar-refractivity contribution is 9.10. The second-order valence-corrected chi connectivity index (χ2v) is 6.29. The van der Waals surface area contributed by atoms with E-state index in [1.807, 2.05) is 11.3 Å². The van der Waals surface area contributed by atoms with Gasteiger partial charge < -0.3 is 10.1 Å². The molecule has 0 saturated heterocycles. The largest absolute Gasteiger partial charge is 0.377 e. The Morgan fingerprint density at radius 1 is 1.39 bits per heavy atom. The van der Waals surface area contributed by atoms with Crippen molar-refractivity contribution in [1.29, 1.82) is 0 Å². The first-order valence-electron chi connectivity index (χ1n) is 6.79. The fraction of sp³-hybridized carbons (Fsp3) is 0.714. The molecule has 2 nitrogen and oxygen atoms in total. The smallest absolute Gasteiger partial charge is 0.0731 e. The van der Waals surface area contributed by atoms with Gasteiger partial charge in [0, 0.05) is 27.4 Å². The predicted molar refractivity (Wildman–Crippen MR) is 83.5 cm³/mol. The van der Waals surface area contributed by atoms with Gasteiger partial charge in [0.2, 0.25) is 0 Å². The van der Waals surface area contributed by atoms with Gasteiger partial charge in [0.1, 0.15) is 0 Å². The van der Waals surface area contributed by atoms with E-state index in [1.54, 1.807) is 0 Å². The number of hydrogen-bond acceptors (Lipinski definition) is 3. The van der Waals surface area contributed by atoms with Crippen LogP contribution in [0.25, 0.3) is 0 Å². The molecule has 1 heterocycles. The topological polar surface area (TPSA) is 21.3 Å². The number of ether oxygens (including phenoxy) is 1. The summed E-state index contributed by atoms with van der Waals surface area (Å²) in [5.74, 6) is 0. The lowest BCUT2D eigenvalue weighted by molar-refractivity contribution is 0.0287. The first-order valence-corrected chi connectivity index (χ1v) is 8.46. The average Bonchev–Trinajstić information content (AvgIpc) is 2.74. The van der Waals surface area contributed by atoms with Gasteiger partial charge in [-0.2, -0.15) is 0 Å². The van der Waals surface area contributed by atoms with Crippen LogP contribution < -0.4 is 5.32 Å². The zero-order valence-corrected chi connectivity index (χ0v) is 13.9. The van der Waals surface area contributed by atoms with E-state index in [1.165, 1.54) is 15.8 Å². The van der Waals surface area contributed by atoms with E-state index in [9.17, 15) is 0 Å². The summed E-state index contributed by atoms with van der Waals surface area (Å²) in [4.78, 5) is 1.41. The molecule has 0 radical (unpaired) electrons. The lowest BCUT2D eigenvalue weighted by atomic mass is 10.0. The number of halogens is 1. The van der Waals surface area contributed by atoms with E-state index in [4.69, 9.17) is 4.74 Å². The standard InChI is InChI=1S/C14H24BrNOS/c1-4-7-14(17-6-3)13(16-5-2)9-12-8-11(15)10-18-12/h8,10,13-14,16H,4-7,9H2,1-3H3. The Hall–Kier alpha value is 0.1000. The van der Waals surface area contributed by atoms with Gasteiger partial charge in [0.15, 0.2) is 0 Å². The molecule has 0 spiro atoms.